The van der Waals surface area contributed by atoms with Gasteiger partial charge in [-0.15, -0.1) is 0 Å². The summed E-state index contributed by atoms with van der Waals surface area (Å²) in [7, 11) is 0. The van der Waals surface area contributed by atoms with Crippen LogP contribution in [0.2, 0.25) is 0 Å². The molecule has 0 fully saturated rings. The van der Waals surface area contributed by atoms with Gasteiger partial charge in [0.25, 0.3) is 0 Å². The van der Waals surface area contributed by atoms with E-state index >= 15 is 0 Å². The van der Waals surface area contributed by atoms with Crippen molar-refractivity contribution in [1.82, 2.24) is 0 Å². The maximum absolute atomic E-state index is 13.0. The van der Waals surface area contributed by atoms with Crippen molar-refractivity contribution in [2.75, 3.05) is 0 Å². The van der Waals surface area contributed by atoms with Crippen molar-refractivity contribution in [3.63, 3.8) is 0 Å². The number of carbonyl (C=O) groups excluding carboxylic acids is 1. The zero-order valence-corrected chi connectivity index (χ0v) is 14.8. The number of hydrogen-bond donors (Lipinski definition) is 1. The Kier molecular flexibility index (Phi) is 3.76. The molecule has 0 aliphatic heterocycles. The van der Waals surface area contributed by atoms with E-state index in [1.807, 2.05) is 31.2 Å². The summed E-state index contributed by atoms with van der Waals surface area (Å²) in [6, 6.07) is 8.76. The Hall–Kier alpha value is -1.59. The first kappa shape index (κ1) is 14.0. The summed E-state index contributed by atoms with van der Waals surface area (Å²) in [6.07, 6.45) is 0.573. The summed E-state index contributed by atoms with van der Waals surface area (Å²) in [5, 5.41) is 10.6. The molecule has 3 nitrogen and oxygen atoms in total. The minimum atomic E-state index is -0.293. The van der Waals surface area contributed by atoms with E-state index in [2.05, 4.69) is 31.9 Å². The molecule has 3 aromatic rings. The Morgan fingerprint density at radius 1 is 1.32 bits per heavy atom. The van der Waals surface area contributed by atoms with Crippen LogP contribution in [0, 0.1) is 0 Å². The number of furan rings is 1. The fourth-order valence-electron chi connectivity index (χ4n) is 2.36. The van der Waals surface area contributed by atoms with Gasteiger partial charge in [0, 0.05) is 17.4 Å². The van der Waals surface area contributed by atoms with Crippen LogP contribution in [-0.4, -0.2) is 10.9 Å². The molecular weight excluding hydrogens is 412 g/mol. The van der Waals surface area contributed by atoms with Gasteiger partial charge in [0.15, 0.2) is 5.78 Å². The molecule has 1 heterocycles. The molecule has 5 heteroatoms. The van der Waals surface area contributed by atoms with Crippen molar-refractivity contribution in [1.29, 1.82) is 0 Å². The van der Waals surface area contributed by atoms with Gasteiger partial charge in [0.1, 0.15) is 17.1 Å². The van der Waals surface area contributed by atoms with Crippen molar-refractivity contribution in [2.24, 2.45) is 0 Å². The molecule has 1 aromatic heterocycles. The molecule has 3 rings (SSSR count). The van der Waals surface area contributed by atoms with Gasteiger partial charge in [-0.1, -0.05) is 25.1 Å². The maximum Gasteiger partial charge on any atom is 0.197 e. The lowest BCUT2D eigenvalue weighted by Crippen LogP contribution is -2.03. The summed E-state index contributed by atoms with van der Waals surface area (Å²) in [5.74, 6) is 0.202. The fourth-order valence-corrected chi connectivity index (χ4v) is 3.48. The third kappa shape index (κ3) is 2.48. The summed E-state index contributed by atoms with van der Waals surface area (Å²) in [5.41, 5.74) is 1.32. The number of carbonyl (C=O) groups is 1. The van der Waals surface area contributed by atoms with Gasteiger partial charge in [-0.25, -0.2) is 0 Å². The first-order valence-electron chi connectivity index (χ1n) is 7.18. The number of benzene rings is 2. The molecule has 1 N–H and O–H groups in total. The highest BCUT2D eigenvalue weighted by Gasteiger charge is 2.22. The number of aromatic hydroxyl groups is 1. The second kappa shape index (κ2) is 5.89. The summed E-state index contributed by atoms with van der Waals surface area (Å²) >= 11 is 6.36. The van der Waals surface area contributed by atoms with Crippen molar-refractivity contribution in [3.05, 3.63) is 62.2 Å². The van der Waals surface area contributed by atoms with E-state index in [0.29, 0.717) is 27.8 Å². The van der Waals surface area contributed by atoms with E-state index in [1.54, 1.807) is 0 Å². The van der Waals surface area contributed by atoms with E-state index < -0.39 is 0 Å². The average Bonchev–Trinajstić information content (AvgIpc) is 2.94. The van der Waals surface area contributed by atoms with Gasteiger partial charge in [-0.05, 0) is 50.0 Å². The predicted molar refractivity (Wildman–Crippen MR) is 92.5 cm³/mol. The van der Waals surface area contributed by atoms with Crippen LogP contribution in [0.3, 0.4) is 0 Å². The van der Waals surface area contributed by atoms with Crippen LogP contribution in [0.5, 0.6) is 5.75 Å². The van der Waals surface area contributed by atoms with Crippen molar-refractivity contribution in [3.8, 4) is 5.75 Å². The van der Waals surface area contributed by atoms with Gasteiger partial charge in [0.2, 0.25) is 0 Å². The Morgan fingerprint density at radius 3 is 2.77 bits per heavy atom. The number of hydrogen-bond acceptors (Lipinski definition) is 3. The quantitative estimate of drug-likeness (QED) is 0.568. The number of rotatable bonds is 3. The van der Waals surface area contributed by atoms with Gasteiger partial charge in [0.05, 0.1) is 15.9 Å². The molecular formula is C17H12Br2O3. The fraction of sp³-hybridized carbons (Fsp3) is 0.118. The standard InChI is InChI=1S/C17H12Br2O3/c1-2-13-15(10-5-3-4-6-14(10)22-13)16(20)9-7-11(18)17(21)12(19)8-9/h3-8,21H,2H2,1H3/i7D. The van der Waals surface area contributed by atoms with Crippen LogP contribution in [-0.2, 0) is 6.42 Å². The lowest BCUT2D eigenvalue weighted by molar-refractivity contribution is 0.103. The second-order valence-electron chi connectivity index (χ2n) is 4.77. The van der Waals surface area contributed by atoms with E-state index in [-0.39, 0.29) is 27.6 Å². The van der Waals surface area contributed by atoms with Gasteiger partial charge in [-0.3, -0.25) is 4.79 Å². The Bertz CT molecular complexity index is 931. The number of fused-ring (bicyclic) bond motifs is 1. The predicted octanol–water partition coefficient (Wildman–Crippen LogP) is 5.46. The number of aryl methyl sites for hydroxylation is 1. The Morgan fingerprint density at radius 2 is 2.05 bits per heavy atom. The molecule has 0 atom stereocenters. The highest BCUT2D eigenvalue weighted by atomic mass is 79.9. The Balaban J connectivity index is 2.26. The molecule has 0 bridgehead atoms. The van der Waals surface area contributed by atoms with Crippen LogP contribution in [0.25, 0.3) is 11.0 Å². The molecule has 2 aromatic carbocycles. The summed E-state index contributed by atoms with van der Waals surface area (Å²) < 4.78 is 14.4. The zero-order chi connectivity index (χ0) is 16.7. The molecule has 112 valence electrons. The molecule has 0 unspecified atom stereocenters. The number of halogens is 2. The van der Waals surface area contributed by atoms with Crippen molar-refractivity contribution >= 4 is 48.6 Å². The molecule has 0 aliphatic carbocycles. The van der Waals surface area contributed by atoms with Crippen LogP contribution in [0.1, 0.15) is 30.0 Å². The van der Waals surface area contributed by atoms with Gasteiger partial charge in [-0.2, -0.15) is 0 Å². The van der Waals surface area contributed by atoms with E-state index in [1.165, 1.54) is 6.07 Å². The highest BCUT2D eigenvalue weighted by Crippen LogP contribution is 2.35. The van der Waals surface area contributed by atoms with Crippen LogP contribution in [0.4, 0.5) is 0 Å². The third-order valence-corrected chi connectivity index (χ3v) is 4.59. The van der Waals surface area contributed by atoms with Crippen LogP contribution >= 0.6 is 31.9 Å². The smallest absolute Gasteiger partial charge is 0.197 e. The molecule has 0 saturated heterocycles. The third-order valence-electron chi connectivity index (χ3n) is 3.41. The normalized spacial score (nSPS) is 11.7. The molecule has 0 amide bonds. The topological polar surface area (TPSA) is 50.4 Å². The second-order valence-corrected chi connectivity index (χ2v) is 6.42. The zero-order valence-electron chi connectivity index (χ0n) is 12.6. The number of phenols is 1. The van der Waals surface area contributed by atoms with E-state index in [0.717, 1.165) is 5.39 Å². The summed E-state index contributed by atoms with van der Waals surface area (Å²) in [6.45, 7) is 1.92. The molecule has 0 aliphatic rings. The molecule has 0 spiro atoms. The van der Waals surface area contributed by atoms with Crippen LogP contribution < -0.4 is 0 Å². The van der Waals surface area contributed by atoms with Crippen molar-refractivity contribution in [2.45, 2.75) is 13.3 Å². The first-order chi connectivity index (χ1) is 11.0. The van der Waals surface area contributed by atoms with Gasteiger partial charge < -0.3 is 9.52 Å². The van der Waals surface area contributed by atoms with E-state index in [4.69, 9.17) is 5.79 Å². The van der Waals surface area contributed by atoms with Crippen molar-refractivity contribution < 1.29 is 15.7 Å². The van der Waals surface area contributed by atoms with Gasteiger partial charge >= 0.3 is 0 Å². The number of para-hydroxylation sites is 1. The lowest BCUT2D eigenvalue weighted by Gasteiger charge is -2.06. The Labute approximate surface area is 145 Å². The molecule has 0 radical (unpaired) electrons. The highest BCUT2D eigenvalue weighted by molar-refractivity contribution is 9.11. The summed E-state index contributed by atoms with van der Waals surface area (Å²) in [4.78, 5) is 13.0. The minimum Gasteiger partial charge on any atom is -0.506 e. The first-order valence-corrected chi connectivity index (χ1v) is 8.27. The minimum absolute atomic E-state index is 0.0527. The number of ketones is 1. The van der Waals surface area contributed by atoms with E-state index in [9.17, 15) is 9.90 Å². The number of phenolic OH excluding ortho intramolecular Hbond substituents is 1. The lowest BCUT2D eigenvalue weighted by atomic mass is 9.99. The monoisotopic (exact) mass is 423 g/mol. The molecule has 22 heavy (non-hydrogen) atoms. The average molecular weight is 425 g/mol. The largest absolute Gasteiger partial charge is 0.506 e. The van der Waals surface area contributed by atoms with Crippen LogP contribution in [0.15, 0.2) is 49.7 Å². The molecule has 0 saturated carbocycles. The maximum atomic E-state index is 13.0. The SMILES string of the molecule is [2H]c1c(C(=O)c2c(CC)oc3ccccc23)cc(Br)c(O)c1Br.